The van der Waals surface area contributed by atoms with Crippen LogP contribution in [0.5, 0.6) is 5.75 Å². The van der Waals surface area contributed by atoms with E-state index in [1.54, 1.807) is 24.3 Å². The Morgan fingerprint density at radius 1 is 1.05 bits per heavy atom. The van der Waals surface area contributed by atoms with Crippen LogP contribution in [0.3, 0.4) is 0 Å². The maximum Gasteiger partial charge on any atom is 0.339 e. The normalized spacial score (nSPS) is 11.1. The minimum Gasteiger partial charge on any atom is -0.379 e. The molecule has 0 fully saturated rings. The highest BCUT2D eigenvalue weighted by Crippen LogP contribution is 2.20. The number of ketones is 1. The van der Waals surface area contributed by atoms with Crippen LogP contribution in [0.1, 0.15) is 22.8 Å². The predicted molar refractivity (Wildman–Crippen MR) is 75.4 cm³/mol. The lowest BCUT2D eigenvalue weighted by Crippen LogP contribution is -2.10. The van der Waals surface area contributed by atoms with Crippen molar-refractivity contribution in [1.82, 2.24) is 0 Å². The summed E-state index contributed by atoms with van der Waals surface area (Å²) in [5, 5.41) is 0. The molecular weight excluding hydrogens is 276 g/mol. The number of Topliss-reactive ketones (excluding diaryl/α,β-unsaturated/α-hetero) is 1. The molecular formula is C15H14O4S. The molecule has 0 amide bonds. The average Bonchev–Trinajstić information content (AvgIpc) is 2.39. The van der Waals surface area contributed by atoms with Gasteiger partial charge in [0.1, 0.15) is 10.6 Å². The molecule has 0 N–H and O–H groups in total. The van der Waals surface area contributed by atoms with Crippen molar-refractivity contribution in [3.8, 4) is 5.75 Å². The van der Waals surface area contributed by atoms with Gasteiger partial charge in [-0.3, -0.25) is 4.79 Å². The molecule has 2 aromatic carbocycles. The van der Waals surface area contributed by atoms with E-state index in [0.29, 0.717) is 5.56 Å². The zero-order valence-corrected chi connectivity index (χ0v) is 12.0. The van der Waals surface area contributed by atoms with Gasteiger partial charge in [-0.25, -0.2) is 0 Å². The van der Waals surface area contributed by atoms with E-state index in [4.69, 9.17) is 4.18 Å². The van der Waals surface area contributed by atoms with Gasteiger partial charge < -0.3 is 4.18 Å². The molecule has 0 saturated carbocycles. The Morgan fingerprint density at radius 2 is 1.70 bits per heavy atom. The predicted octanol–water partition coefficient (Wildman–Crippen LogP) is 2.97. The Hall–Kier alpha value is -2.14. The Bertz CT molecular complexity index is 731. The van der Waals surface area contributed by atoms with E-state index in [-0.39, 0.29) is 16.4 Å². The summed E-state index contributed by atoms with van der Waals surface area (Å²) >= 11 is 0. The fourth-order valence-corrected chi connectivity index (χ4v) is 2.57. The van der Waals surface area contributed by atoms with Gasteiger partial charge in [0.05, 0.1) is 0 Å². The van der Waals surface area contributed by atoms with Crippen LogP contribution in [0.15, 0.2) is 53.4 Å². The van der Waals surface area contributed by atoms with Gasteiger partial charge in [0, 0.05) is 5.56 Å². The molecule has 0 spiro atoms. The quantitative estimate of drug-likeness (QED) is 0.641. The highest BCUT2D eigenvalue weighted by atomic mass is 32.2. The summed E-state index contributed by atoms with van der Waals surface area (Å²) in [6.45, 7) is 3.28. The largest absolute Gasteiger partial charge is 0.379 e. The second-order valence-corrected chi connectivity index (χ2v) is 5.98. The van der Waals surface area contributed by atoms with Crippen LogP contribution in [0, 0.1) is 6.92 Å². The molecule has 0 atom stereocenters. The Labute approximate surface area is 118 Å². The summed E-state index contributed by atoms with van der Waals surface area (Å²) < 4.78 is 29.2. The maximum absolute atomic E-state index is 12.1. The minimum absolute atomic E-state index is 0.0799. The lowest BCUT2D eigenvalue weighted by atomic mass is 10.1. The first-order valence-electron chi connectivity index (χ1n) is 6.01. The van der Waals surface area contributed by atoms with Gasteiger partial charge in [0.2, 0.25) is 0 Å². The van der Waals surface area contributed by atoms with E-state index in [2.05, 4.69) is 0 Å². The number of aryl methyl sites for hydroxylation is 1. The van der Waals surface area contributed by atoms with Crippen LogP contribution in [0.2, 0.25) is 0 Å². The van der Waals surface area contributed by atoms with Crippen molar-refractivity contribution in [2.24, 2.45) is 0 Å². The third-order valence-electron chi connectivity index (χ3n) is 2.76. The molecule has 2 aromatic rings. The van der Waals surface area contributed by atoms with Crippen molar-refractivity contribution >= 4 is 15.9 Å². The summed E-state index contributed by atoms with van der Waals surface area (Å²) in [7, 11) is -3.88. The van der Waals surface area contributed by atoms with Crippen molar-refractivity contribution in [1.29, 1.82) is 0 Å². The standard InChI is InChI=1S/C15H14O4S/c1-11-6-8-15(9-7-11)20(17,18)19-14-5-3-4-13(10-14)12(2)16/h3-10H,1-2H3. The van der Waals surface area contributed by atoms with Crippen molar-refractivity contribution in [3.05, 3.63) is 59.7 Å². The summed E-state index contributed by atoms with van der Waals surface area (Å²) in [5.41, 5.74) is 1.36. The first-order chi connectivity index (χ1) is 9.38. The molecule has 20 heavy (non-hydrogen) atoms. The summed E-state index contributed by atoms with van der Waals surface area (Å²) in [4.78, 5) is 11.3. The van der Waals surface area contributed by atoms with Crippen molar-refractivity contribution in [3.63, 3.8) is 0 Å². The van der Waals surface area contributed by atoms with Crippen LogP contribution in [0.4, 0.5) is 0 Å². The van der Waals surface area contributed by atoms with Gasteiger partial charge in [-0.05, 0) is 38.1 Å². The van der Waals surface area contributed by atoms with Gasteiger partial charge in [-0.1, -0.05) is 29.8 Å². The van der Waals surface area contributed by atoms with E-state index >= 15 is 0 Å². The van der Waals surface area contributed by atoms with Crippen LogP contribution in [-0.2, 0) is 10.1 Å². The van der Waals surface area contributed by atoms with E-state index in [1.807, 2.05) is 6.92 Å². The SMILES string of the molecule is CC(=O)c1cccc(OS(=O)(=O)c2ccc(C)cc2)c1. The lowest BCUT2D eigenvalue weighted by molar-refractivity contribution is 0.101. The minimum atomic E-state index is -3.88. The zero-order valence-electron chi connectivity index (χ0n) is 11.2. The molecule has 0 saturated heterocycles. The van der Waals surface area contributed by atoms with Crippen LogP contribution in [0.25, 0.3) is 0 Å². The first-order valence-corrected chi connectivity index (χ1v) is 7.41. The second-order valence-electron chi connectivity index (χ2n) is 4.43. The topological polar surface area (TPSA) is 60.4 Å². The van der Waals surface area contributed by atoms with Crippen molar-refractivity contribution in [2.75, 3.05) is 0 Å². The molecule has 0 heterocycles. The van der Waals surface area contributed by atoms with Gasteiger partial charge in [-0.15, -0.1) is 0 Å². The molecule has 0 unspecified atom stereocenters. The lowest BCUT2D eigenvalue weighted by Gasteiger charge is -2.08. The second kappa shape index (κ2) is 5.46. The van der Waals surface area contributed by atoms with Crippen molar-refractivity contribution in [2.45, 2.75) is 18.7 Å². The molecule has 0 aliphatic carbocycles. The molecule has 104 valence electrons. The van der Waals surface area contributed by atoms with Gasteiger partial charge in [0.25, 0.3) is 0 Å². The fourth-order valence-electron chi connectivity index (χ4n) is 1.65. The number of carbonyl (C=O) groups is 1. The van der Waals surface area contributed by atoms with Crippen LogP contribution in [-0.4, -0.2) is 14.2 Å². The first kappa shape index (κ1) is 14.3. The van der Waals surface area contributed by atoms with E-state index < -0.39 is 10.1 Å². The number of rotatable bonds is 4. The monoisotopic (exact) mass is 290 g/mol. The third-order valence-corrected chi connectivity index (χ3v) is 4.02. The van der Waals surface area contributed by atoms with E-state index in [0.717, 1.165) is 5.56 Å². The summed E-state index contributed by atoms with van der Waals surface area (Å²) in [6, 6.07) is 12.5. The molecule has 5 heteroatoms. The smallest absolute Gasteiger partial charge is 0.339 e. The highest BCUT2D eigenvalue weighted by molar-refractivity contribution is 7.87. The molecule has 4 nitrogen and oxygen atoms in total. The van der Waals surface area contributed by atoms with Crippen molar-refractivity contribution < 1.29 is 17.4 Å². The van der Waals surface area contributed by atoms with E-state index in [9.17, 15) is 13.2 Å². The number of carbonyl (C=O) groups excluding carboxylic acids is 1. The molecule has 0 aromatic heterocycles. The van der Waals surface area contributed by atoms with Gasteiger partial charge in [-0.2, -0.15) is 8.42 Å². The van der Waals surface area contributed by atoms with Gasteiger partial charge >= 0.3 is 10.1 Å². The number of benzene rings is 2. The molecule has 2 rings (SSSR count). The van der Waals surface area contributed by atoms with Crippen LogP contribution >= 0.6 is 0 Å². The fraction of sp³-hybridized carbons (Fsp3) is 0.133. The number of hydrogen-bond donors (Lipinski definition) is 0. The molecule has 0 aliphatic rings. The number of hydrogen-bond acceptors (Lipinski definition) is 4. The Morgan fingerprint density at radius 3 is 2.30 bits per heavy atom. The average molecular weight is 290 g/mol. The summed E-state index contributed by atoms with van der Waals surface area (Å²) in [6.07, 6.45) is 0. The van der Waals surface area contributed by atoms with Gasteiger partial charge in [0.15, 0.2) is 5.78 Å². The zero-order chi connectivity index (χ0) is 14.8. The Kier molecular flexibility index (Phi) is 3.90. The maximum atomic E-state index is 12.1. The Balaban J connectivity index is 2.31. The highest BCUT2D eigenvalue weighted by Gasteiger charge is 2.16. The molecule has 0 aliphatic heterocycles. The molecule has 0 radical (unpaired) electrons. The van der Waals surface area contributed by atoms with E-state index in [1.165, 1.54) is 31.2 Å². The van der Waals surface area contributed by atoms with Crippen LogP contribution < -0.4 is 4.18 Å². The third kappa shape index (κ3) is 3.24. The summed E-state index contributed by atoms with van der Waals surface area (Å²) in [5.74, 6) is -0.0264. The molecule has 0 bridgehead atoms.